The first kappa shape index (κ1) is 31.3. The third-order valence-corrected chi connectivity index (χ3v) is 11.6. The lowest BCUT2D eigenvalue weighted by molar-refractivity contribution is 0.107. The highest BCUT2D eigenvalue weighted by molar-refractivity contribution is 7.16. The van der Waals surface area contributed by atoms with Crippen molar-refractivity contribution in [3.63, 3.8) is 0 Å². The van der Waals surface area contributed by atoms with Gasteiger partial charge in [-0.3, -0.25) is 9.80 Å². The van der Waals surface area contributed by atoms with Crippen LogP contribution in [0.15, 0.2) is 4.52 Å². The molecule has 0 aromatic carbocycles. The number of nitrogen functional groups attached to an aromatic ring is 1. The molecule has 0 spiro atoms. The number of nitriles is 1. The Morgan fingerprint density at radius 1 is 1.17 bits per heavy atom. The number of halogens is 2. The van der Waals surface area contributed by atoms with Gasteiger partial charge in [0.2, 0.25) is 17.5 Å². The summed E-state index contributed by atoms with van der Waals surface area (Å²) in [6.07, 6.45) is 4.26. The molecule has 0 amide bonds. The number of likely N-dealkylation sites (N-methyl/N-ethyl adjacent to an activating group) is 1. The molecule has 3 unspecified atom stereocenters. The van der Waals surface area contributed by atoms with E-state index in [1.807, 2.05) is 14.0 Å². The quantitative estimate of drug-likeness (QED) is 0.415. The number of rotatable bonds is 5. The smallest absolute Gasteiger partial charge is 0.320 e. The van der Waals surface area contributed by atoms with E-state index < -0.39 is 17.8 Å². The predicted molar refractivity (Wildman–Crippen MR) is 167 cm³/mol. The number of hydrogen-bond acceptors (Lipinski definition) is 13. The third-order valence-electron chi connectivity index (χ3n) is 10.6. The monoisotopic (exact) mass is 654 g/mol. The van der Waals surface area contributed by atoms with Gasteiger partial charge < -0.3 is 20.3 Å². The average Bonchev–Trinajstić information content (AvgIpc) is 3.81. The molecule has 3 N–H and O–H groups in total. The molecule has 7 heterocycles. The molecule has 0 radical (unpaired) electrons. The summed E-state index contributed by atoms with van der Waals surface area (Å²) in [4.78, 5) is 23.3. The summed E-state index contributed by atoms with van der Waals surface area (Å²) in [6.45, 7) is 7.22. The van der Waals surface area contributed by atoms with Crippen LogP contribution in [0.5, 0.6) is 6.01 Å². The highest BCUT2D eigenvalue weighted by atomic mass is 32.1. The first-order valence-corrected chi connectivity index (χ1v) is 16.9. The van der Waals surface area contributed by atoms with Crippen molar-refractivity contribution < 1.29 is 18.0 Å². The van der Waals surface area contributed by atoms with Crippen molar-refractivity contribution in [3.8, 4) is 23.7 Å². The Labute approximate surface area is 270 Å². The molecule has 4 fully saturated rings. The van der Waals surface area contributed by atoms with Gasteiger partial charge in [0.05, 0.1) is 22.6 Å². The van der Waals surface area contributed by atoms with Gasteiger partial charge in [0.1, 0.15) is 35.8 Å². The molecule has 1 aliphatic carbocycles. The fourth-order valence-corrected chi connectivity index (χ4v) is 9.31. The normalized spacial score (nSPS) is 32.0. The minimum Gasteiger partial charge on any atom is -0.461 e. The summed E-state index contributed by atoms with van der Waals surface area (Å²) in [7, 11) is 2.02. The summed E-state index contributed by atoms with van der Waals surface area (Å²) in [6, 6.07) is 3.02. The molecule has 12 nitrogen and oxygen atoms in total. The second kappa shape index (κ2) is 12.0. The molecule has 8 rings (SSSR count). The average molecular weight is 655 g/mol. The number of ether oxygens (including phenoxy) is 1. The number of aryl methyl sites for hydroxylation is 2. The minimum atomic E-state index is -0.830. The number of thiophene rings is 1. The molecular formula is C31H40F2N10O2S. The van der Waals surface area contributed by atoms with E-state index in [9.17, 15) is 14.0 Å². The van der Waals surface area contributed by atoms with E-state index in [0.717, 1.165) is 68.6 Å². The molecule has 4 aliphatic heterocycles. The number of aromatic nitrogens is 5. The molecule has 2 bridgehead atoms. The molecule has 15 heteroatoms. The van der Waals surface area contributed by atoms with Crippen LogP contribution in [0.2, 0.25) is 0 Å². The van der Waals surface area contributed by atoms with Crippen LogP contribution in [0.25, 0.3) is 11.6 Å². The Bertz CT molecular complexity index is 1650. The van der Waals surface area contributed by atoms with E-state index in [4.69, 9.17) is 15.0 Å². The van der Waals surface area contributed by atoms with Crippen LogP contribution < -0.4 is 15.8 Å². The number of nitrogens with two attached hydrogens (primary N) is 1. The summed E-state index contributed by atoms with van der Waals surface area (Å²) in [5.41, 5.74) is 6.59. The molecule has 0 saturated carbocycles. The minimum absolute atomic E-state index is 0.152. The molecule has 3 aromatic heterocycles. The number of fused-ring (bicyclic) bond motifs is 4. The van der Waals surface area contributed by atoms with Gasteiger partial charge in [-0.25, -0.2) is 13.8 Å². The molecule has 5 aliphatic rings. The van der Waals surface area contributed by atoms with Crippen molar-refractivity contribution in [2.45, 2.75) is 94.2 Å². The number of anilines is 1. The second-order valence-corrected chi connectivity index (χ2v) is 14.6. The van der Waals surface area contributed by atoms with Crippen LogP contribution in [-0.2, 0) is 11.8 Å². The number of hydrogen-bond donors (Lipinski definition) is 2. The zero-order valence-corrected chi connectivity index (χ0v) is 27.2. The van der Waals surface area contributed by atoms with Crippen molar-refractivity contribution in [3.05, 3.63) is 27.7 Å². The van der Waals surface area contributed by atoms with Crippen LogP contribution >= 0.6 is 11.3 Å². The standard InChI is InChI=1S/C24H27FN8O2S.C7H13FN2/c1-13-28-19(31-22(29-13)34-12-24-7-4-8-33(24)11-14(25)9-24)20-30-21(35-32-20)23(2)6-3-5-16-17(23)15(10-26)18(27)36-16;1-10-5-2-6(8)7(10)4-9-3-5/h14H,3-9,11-12,27H2,1-2H3;5-7,9H,2-4H2,1H3/t14-,23+,24?;5?,6-,7?/m10/s1. The zero-order chi connectivity index (χ0) is 32.2. The van der Waals surface area contributed by atoms with Gasteiger partial charge in [-0.15, -0.1) is 11.3 Å². The Morgan fingerprint density at radius 3 is 2.80 bits per heavy atom. The lowest BCUT2D eigenvalue weighted by atomic mass is 9.72. The Balaban J connectivity index is 0.000000286. The SMILES string of the molecule is CN1C2CNCC1[C@@H](F)C2.Cc1nc(OCC23CCCN2C[C@H](F)C3)nc(-c2noc([C@@]3(C)CCCc4sc(N)c(C#N)c43)n2)n1. The molecular weight excluding hydrogens is 614 g/mol. The largest absolute Gasteiger partial charge is 0.461 e. The maximum Gasteiger partial charge on any atom is 0.320 e. The molecule has 3 aromatic rings. The fourth-order valence-electron chi connectivity index (χ4n) is 8.12. The second-order valence-electron chi connectivity index (χ2n) is 13.5. The van der Waals surface area contributed by atoms with E-state index in [2.05, 4.69) is 46.3 Å². The van der Waals surface area contributed by atoms with Crippen molar-refractivity contribution in [2.75, 3.05) is 45.6 Å². The zero-order valence-electron chi connectivity index (χ0n) is 26.4. The molecule has 4 saturated heterocycles. The maximum absolute atomic E-state index is 14.1. The van der Waals surface area contributed by atoms with E-state index in [-0.39, 0.29) is 29.2 Å². The number of alkyl halides is 2. The summed E-state index contributed by atoms with van der Waals surface area (Å²) in [5.74, 6) is 1.32. The highest BCUT2D eigenvalue weighted by Crippen LogP contribution is 2.48. The van der Waals surface area contributed by atoms with Crippen molar-refractivity contribution >= 4 is 16.3 Å². The maximum atomic E-state index is 14.1. The van der Waals surface area contributed by atoms with Crippen molar-refractivity contribution in [2.24, 2.45) is 0 Å². The number of nitrogens with one attached hydrogen (secondary N) is 1. The van der Waals surface area contributed by atoms with Crippen LogP contribution in [0, 0.1) is 18.3 Å². The van der Waals surface area contributed by atoms with E-state index in [1.54, 1.807) is 6.92 Å². The Kier molecular flexibility index (Phi) is 8.19. The molecule has 6 atom stereocenters. The van der Waals surface area contributed by atoms with Gasteiger partial charge in [0.15, 0.2) is 0 Å². The van der Waals surface area contributed by atoms with Gasteiger partial charge in [0, 0.05) is 42.5 Å². The van der Waals surface area contributed by atoms with E-state index >= 15 is 0 Å². The number of nitrogens with zero attached hydrogens (tertiary/aromatic N) is 8. The van der Waals surface area contributed by atoms with Crippen molar-refractivity contribution in [1.82, 2.24) is 40.2 Å². The fraction of sp³-hybridized carbons (Fsp3) is 0.677. The Hall–Kier alpha value is -3.32. The van der Waals surface area contributed by atoms with Gasteiger partial charge in [-0.05, 0) is 66.0 Å². The number of piperazine rings is 1. The van der Waals surface area contributed by atoms with Gasteiger partial charge >= 0.3 is 6.01 Å². The molecule has 246 valence electrons. The van der Waals surface area contributed by atoms with Crippen LogP contribution in [-0.4, -0.2) is 105 Å². The summed E-state index contributed by atoms with van der Waals surface area (Å²) >= 11 is 1.46. The topological polar surface area (TPSA) is 155 Å². The van der Waals surface area contributed by atoms with Crippen LogP contribution in [0.4, 0.5) is 13.8 Å². The summed E-state index contributed by atoms with van der Waals surface area (Å²) < 4.78 is 38.9. The van der Waals surface area contributed by atoms with Crippen LogP contribution in [0.1, 0.15) is 73.2 Å². The van der Waals surface area contributed by atoms with Crippen LogP contribution in [0.3, 0.4) is 0 Å². The van der Waals surface area contributed by atoms with Gasteiger partial charge in [0.25, 0.3) is 0 Å². The van der Waals surface area contributed by atoms with Gasteiger partial charge in [-0.1, -0.05) is 5.16 Å². The van der Waals surface area contributed by atoms with E-state index in [1.165, 1.54) is 11.3 Å². The van der Waals surface area contributed by atoms with Gasteiger partial charge in [-0.2, -0.15) is 20.2 Å². The summed E-state index contributed by atoms with van der Waals surface area (Å²) in [5, 5.41) is 17.6. The Morgan fingerprint density at radius 2 is 2.02 bits per heavy atom. The lowest BCUT2D eigenvalue weighted by Gasteiger charge is -2.31. The lowest BCUT2D eigenvalue weighted by Crippen LogP contribution is -2.50. The van der Waals surface area contributed by atoms with E-state index in [0.29, 0.717) is 47.9 Å². The first-order valence-electron chi connectivity index (χ1n) is 16.1. The third kappa shape index (κ3) is 5.42. The van der Waals surface area contributed by atoms with Crippen molar-refractivity contribution in [1.29, 1.82) is 5.26 Å². The predicted octanol–water partition coefficient (Wildman–Crippen LogP) is 3.34. The highest BCUT2D eigenvalue weighted by Gasteiger charge is 2.49. The first-order chi connectivity index (χ1) is 22.1. The molecule has 46 heavy (non-hydrogen) atoms.